The number of hydrogen-bond acceptors (Lipinski definition) is 6. The number of rotatable bonds is 6. The highest BCUT2D eigenvalue weighted by molar-refractivity contribution is 7.09. The average Bonchev–Trinajstić information content (AvgIpc) is 3.22. The minimum atomic E-state index is -0.291. The Labute approximate surface area is 153 Å². The zero-order valence-electron chi connectivity index (χ0n) is 13.9. The van der Waals surface area contributed by atoms with Gasteiger partial charge in [0.1, 0.15) is 11.6 Å². The van der Waals surface area contributed by atoms with E-state index in [1.807, 2.05) is 23.8 Å². The Kier molecular flexibility index (Phi) is 5.40. The molecule has 3 aromatic heterocycles. The van der Waals surface area contributed by atoms with E-state index in [-0.39, 0.29) is 24.1 Å². The summed E-state index contributed by atoms with van der Waals surface area (Å²) in [6.45, 7) is 3.61. The fourth-order valence-electron chi connectivity index (χ4n) is 2.42. The number of hydrogen-bond donors (Lipinski definition) is 1. The van der Waals surface area contributed by atoms with Gasteiger partial charge in [-0.2, -0.15) is 16.4 Å². The topological polar surface area (TPSA) is 76.9 Å². The lowest BCUT2D eigenvalue weighted by Crippen LogP contribution is -2.36. The molecule has 0 bridgehead atoms. The number of thiophene rings is 1. The van der Waals surface area contributed by atoms with Gasteiger partial charge in [-0.1, -0.05) is 0 Å². The molecule has 25 heavy (non-hydrogen) atoms. The van der Waals surface area contributed by atoms with Crippen molar-refractivity contribution in [1.82, 2.24) is 20.1 Å². The molecule has 0 spiro atoms. The maximum Gasteiger partial charge on any atom is 0.267 e. The minimum absolute atomic E-state index is 0.106. The number of thiazole rings is 1. The summed E-state index contributed by atoms with van der Waals surface area (Å²) in [6, 6.07) is 4.87. The number of carbonyl (C=O) groups is 1. The second kappa shape index (κ2) is 7.71. The van der Waals surface area contributed by atoms with Gasteiger partial charge in [0.2, 0.25) is 5.91 Å². The quantitative estimate of drug-likeness (QED) is 0.719. The number of carbonyl (C=O) groups excluding carboxylic acids is 1. The van der Waals surface area contributed by atoms with Crippen molar-refractivity contribution in [2.45, 2.75) is 32.9 Å². The molecule has 3 rings (SSSR count). The van der Waals surface area contributed by atoms with E-state index in [1.165, 1.54) is 22.1 Å². The molecule has 1 N–H and O–H groups in total. The molecular formula is C17H18N4O2S2. The van der Waals surface area contributed by atoms with Gasteiger partial charge in [0, 0.05) is 23.6 Å². The van der Waals surface area contributed by atoms with Gasteiger partial charge in [0.25, 0.3) is 5.56 Å². The van der Waals surface area contributed by atoms with Gasteiger partial charge in [0.05, 0.1) is 11.7 Å². The van der Waals surface area contributed by atoms with Gasteiger partial charge in [-0.15, -0.1) is 11.3 Å². The van der Waals surface area contributed by atoms with Crippen LogP contribution in [0.4, 0.5) is 0 Å². The van der Waals surface area contributed by atoms with Gasteiger partial charge < -0.3 is 5.32 Å². The highest BCUT2D eigenvalue weighted by Gasteiger charge is 2.19. The summed E-state index contributed by atoms with van der Waals surface area (Å²) < 4.78 is 1.18. The second-order valence-electron chi connectivity index (χ2n) is 5.75. The van der Waals surface area contributed by atoms with Gasteiger partial charge in [-0.3, -0.25) is 9.59 Å². The lowest BCUT2D eigenvalue weighted by Gasteiger charge is -2.16. The van der Waals surface area contributed by atoms with Crippen LogP contribution in [0.5, 0.6) is 0 Å². The summed E-state index contributed by atoms with van der Waals surface area (Å²) in [4.78, 5) is 28.8. The summed E-state index contributed by atoms with van der Waals surface area (Å²) in [5, 5.41) is 14.0. The summed E-state index contributed by atoms with van der Waals surface area (Å²) in [5.41, 5.74) is 2.48. The van der Waals surface area contributed by atoms with Crippen molar-refractivity contribution in [3.63, 3.8) is 0 Å². The molecular weight excluding hydrogens is 356 g/mol. The average molecular weight is 374 g/mol. The first kappa shape index (κ1) is 17.5. The van der Waals surface area contributed by atoms with Crippen molar-refractivity contribution in [3.8, 4) is 0 Å². The lowest BCUT2D eigenvalue weighted by molar-refractivity contribution is -0.122. The molecule has 0 fully saturated rings. The van der Waals surface area contributed by atoms with Crippen molar-refractivity contribution >= 4 is 28.6 Å². The number of amides is 1. The standard InChI is InChI=1S/C17H18N4O2S2/c1-11-3-4-16(23)21(20-11)8-15(22)19-14(7-13-5-6-24-10-13)17-18-12(2)9-25-17/h3-6,9-10,14H,7-8H2,1-2H3,(H,19,22)/t14-/m1/s1. The van der Waals surface area contributed by atoms with Crippen LogP contribution in [0.3, 0.4) is 0 Å². The number of nitrogens with one attached hydrogen (secondary N) is 1. The van der Waals surface area contributed by atoms with E-state index in [2.05, 4.69) is 20.8 Å². The summed E-state index contributed by atoms with van der Waals surface area (Å²) in [5.74, 6) is -0.256. The molecule has 1 atom stereocenters. The Morgan fingerprint density at radius 1 is 1.24 bits per heavy atom. The second-order valence-corrected chi connectivity index (χ2v) is 7.42. The Hall–Kier alpha value is -2.32. The van der Waals surface area contributed by atoms with Crippen LogP contribution >= 0.6 is 22.7 Å². The van der Waals surface area contributed by atoms with Crippen LogP contribution in [0.25, 0.3) is 0 Å². The van der Waals surface area contributed by atoms with Crippen molar-refractivity contribution in [1.29, 1.82) is 0 Å². The molecule has 0 aliphatic carbocycles. The molecule has 1 amide bonds. The van der Waals surface area contributed by atoms with Crippen LogP contribution in [0.1, 0.15) is 28.0 Å². The molecule has 130 valence electrons. The van der Waals surface area contributed by atoms with Gasteiger partial charge in [0.15, 0.2) is 0 Å². The fourth-order valence-corrected chi connectivity index (χ4v) is 3.95. The highest BCUT2D eigenvalue weighted by atomic mass is 32.1. The molecule has 3 heterocycles. The first-order valence-corrected chi connectivity index (χ1v) is 9.61. The molecule has 3 aromatic rings. The molecule has 0 unspecified atom stereocenters. The SMILES string of the molecule is Cc1csc([C@@H](Cc2ccsc2)NC(=O)Cn2nc(C)ccc2=O)n1. The molecule has 0 aromatic carbocycles. The fraction of sp³-hybridized carbons (Fsp3) is 0.294. The third-order valence-corrected chi connectivity index (χ3v) is 5.39. The van der Waals surface area contributed by atoms with E-state index >= 15 is 0 Å². The van der Waals surface area contributed by atoms with Crippen molar-refractivity contribution in [3.05, 3.63) is 66.7 Å². The van der Waals surface area contributed by atoms with Crippen LogP contribution in [-0.2, 0) is 17.8 Å². The monoisotopic (exact) mass is 374 g/mol. The molecule has 0 radical (unpaired) electrons. The molecule has 8 heteroatoms. The van der Waals surface area contributed by atoms with E-state index in [0.29, 0.717) is 12.1 Å². The van der Waals surface area contributed by atoms with Crippen LogP contribution in [-0.4, -0.2) is 20.7 Å². The van der Waals surface area contributed by atoms with E-state index in [4.69, 9.17) is 0 Å². The summed E-state index contributed by atoms with van der Waals surface area (Å²) in [7, 11) is 0. The van der Waals surface area contributed by atoms with Crippen LogP contribution < -0.4 is 10.9 Å². The highest BCUT2D eigenvalue weighted by Crippen LogP contribution is 2.23. The predicted molar refractivity (Wildman–Crippen MR) is 99.0 cm³/mol. The van der Waals surface area contributed by atoms with Crippen molar-refractivity contribution in [2.75, 3.05) is 0 Å². The maximum absolute atomic E-state index is 12.5. The van der Waals surface area contributed by atoms with E-state index in [0.717, 1.165) is 16.3 Å². The third-order valence-electron chi connectivity index (χ3n) is 3.58. The largest absolute Gasteiger partial charge is 0.345 e. The lowest BCUT2D eigenvalue weighted by atomic mass is 10.1. The normalized spacial score (nSPS) is 12.1. The van der Waals surface area contributed by atoms with E-state index in [1.54, 1.807) is 24.3 Å². The number of nitrogens with zero attached hydrogens (tertiary/aromatic N) is 3. The molecule has 0 aliphatic heterocycles. The Morgan fingerprint density at radius 3 is 2.76 bits per heavy atom. The van der Waals surface area contributed by atoms with Crippen LogP contribution in [0.15, 0.2) is 39.1 Å². The van der Waals surface area contributed by atoms with Crippen LogP contribution in [0, 0.1) is 13.8 Å². The Morgan fingerprint density at radius 2 is 2.08 bits per heavy atom. The van der Waals surface area contributed by atoms with Crippen molar-refractivity contribution in [2.24, 2.45) is 0 Å². The zero-order valence-corrected chi connectivity index (χ0v) is 15.6. The third kappa shape index (κ3) is 4.61. The van der Waals surface area contributed by atoms with E-state index < -0.39 is 0 Å². The van der Waals surface area contributed by atoms with E-state index in [9.17, 15) is 9.59 Å². The Balaban J connectivity index is 1.76. The Bertz CT molecular complexity index is 915. The molecule has 0 saturated heterocycles. The first-order chi connectivity index (χ1) is 12.0. The number of aryl methyl sites for hydroxylation is 2. The number of aromatic nitrogens is 3. The first-order valence-electron chi connectivity index (χ1n) is 7.78. The maximum atomic E-state index is 12.5. The molecule has 6 nitrogen and oxygen atoms in total. The summed E-state index contributed by atoms with van der Waals surface area (Å²) >= 11 is 3.15. The van der Waals surface area contributed by atoms with Gasteiger partial charge in [-0.05, 0) is 42.3 Å². The van der Waals surface area contributed by atoms with Gasteiger partial charge >= 0.3 is 0 Å². The molecule has 0 aliphatic rings. The van der Waals surface area contributed by atoms with Crippen molar-refractivity contribution < 1.29 is 4.79 Å². The van der Waals surface area contributed by atoms with Crippen LogP contribution in [0.2, 0.25) is 0 Å². The predicted octanol–water partition coefficient (Wildman–Crippen LogP) is 2.48. The minimum Gasteiger partial charge on any atom is -0.345 e. The smallest absolute Gasteiger partial charge is 0.267 e. The van der Waals surface area contributed by atoms with Gasteiger partial charge in [-0.25, -0.2) is 9.67 Å². The zero-order chi connectivity index (χ0) is 17.8. The summed E-state index contributed by atoms with van der Waals surface area (Å²) in [6.07, 6.45) is 0.665. The molecule has 0 saturated carbocycles.